The molecule has 5 nitrogen and oxygen atoms in total. The maximum Gasteiger partial charge on any atom is 0.341 e. The lowest BCUT2D eigenvalue weighted by molar-refractivity contribution is -0.122. The Hall–Kier alpha value is -2.34. The molecular weight excluding hydrogens is 362 g/mol. The number of carbonyl (C=O) groups excluding carboxylic acids is 2. The molecule has 0 fully saturated rings. The van der Waals surface area contributed by atoms with Gasteiger partial charge in [-0.15, -0.1) is 11.3 Å². The first kappa shape index (κ1) is 19.4. The lowest BCUT2D eigenvalue weighted by atomic mass is 10.1. The fraction of sp³-hybridized carbons (Fsp3) is 0.429. The Labute approximate surface area is 163 Å². The number of esters is 1. The van der Waals surface area contributed by atoms with E-state index in [2.05, 4.69) is 12.2 Å². The molecule has 0 saturated heterocycles. The van der Waals surface area contributed by atoms with Gasteiger partial charge >= 0.3 is 5.97 Å². The van der Waals surface area contributed by atoms with E-state index in [9.17, 15) is 9.59 Å². The maximum absolute atomic E-state index is 12.6. The number of fused-ring (bicyclic) bond motifs is 1. The quantitative estimate of drug-likeness (QED) is 0.716. The van der Waals surface area contributed by atoms with E-state index in [1.807, 2.05) is 24.3 Å². The van der Waals surface area contributed by atoms with Crippen molar-refractivity contribution in [2.24, 2.45) is 0 Å². The number of hydrogen-bond acceptors (Lipinski definition) is 5. The molecule has 3 rings (SSSR count). The van der Waals surface area contributed by atoms with Crippen molar-refractivity contribution in [1.82, 2.24) is 0 Å². The molecule has 144 valence electrons. The van der Waals surface area contributed by atoms with Crippen LogP contribution < -0.4 is 10.1 Å². The first-order valence-corrected chi connectivity index (χ1v) is 10.2. The van der Waals surface area contributed by atoms with E-state index in [0.29, 0.717) is 22.9 Å². The number of ether oxygens (including phenoxy) is 2. The Morgan fingerprint density at radius 1 is 1.19 bits per heavy atom. The second kappa shape index (κ2) is 8.57. The highest BCUT2D eigenvalue weighted by Crippen LogP contribution is 2.39. The summed E-state index contributed by atoms with van der Waals surface area (Å²) in [4.78, 5) is 26.2. The summed E-state index contributed by atoms with van der Waals surface area (Å²) in [7, 11) is 0. The zero-order valence-corrected chi connectivity index (χ0v) is 16.8. The van der Waals surface area contributed by atoms with E-state index in [1.54, 1.807) is 13.8 Å². The SMILES string of the molecule is CCOC(=O)c1c(NC(=O)C(C)Oc2ccc(CC)cc2)sc2c1CCC2. The average molecular weight is 388 g/mol. The van der Waals surface area contributed by atoms with Gasteiger partial charge in [0, 0.05) is 4.88 Å². The highest BCUT2D eigenvalue weighted by Gasteiger charge is 2.29. The van der Waals surface area contributed by atoms with E-state index in [0.717, 1.165) is 36.1 Å². The Bertz CT molecular complexity index is 825. The second-order valence-electron chi connectivity index (χ2n) is 6.53. The van der Waals surface area contributed by atoms with Gasteiger partial charge in [-0.05, 0) is 62.8 Å². The molecule has 1 aliphatic rings. The van der Waals surface area contributed by atoms with Crippen LogP contribution in [0.3, 0.4) is 0 Å². The van der Waals surface area contributed by atoms with Crippen molar-refractivity contribution < 1.29 is 19.1 Å². The van der Waals surface area contributed by atoms with E-state index in [1.165, 1.54) is 16.9 Å². The number of hydrogen-bond donors (Lipinski definition) is 1. The third-order valence-electron chi connectivity index (χ3n) is 4.65. The van der Waals surface area contributed by atoms with Crippen LogP contribution in [0.15, 0.2) is 24.3 Å². The molecule has 2 aromatic rings. The molecule has 1 aliphatic carbocycles. The van der Waals surface area contributed by atoms with Crippen LogP contribution in [0.25, 0.3) is 0 Å². The first-order valence-electron chi connectivity index (χ1n) is 9.41. The van der Waals surface area contributed by atoms with E-state index < -0.39 is 6.10 Å². The van der Waals surface area contributed by atoms with Crippen molar-refractivity contribution in [2.75, 3.05) is 11.9 Å². The topological polar surface area (TPSA) is 64.6 Å². The van der Waals surface area contributed by atoms with Gasteiger partial charge in [-0.1, -0.05) is 19.1 Å². The molecule has 0 radical (unpaired) electrons. The highest BCUT2D eigenvalue weighted by atomic mass is 32.1. The van der Waals surface area contributed by atoms with Crippen molar-refractivity contribution in [3.63, 3.8) is 0 Å². The molecular formula is C21H25NO4S. The molecule has 0 spiro atoms. The van der Waals surface area contributed by atoms with Crippen LogP contribution in [0.1, 0.15) is 53.6 Å². The summed E-state index contributed by atoms with van der Waals surface area (Å²) in [5.41, 5.74) is 2.76. The molecule has 0 saturated carbocycles. The van der Waals surface area contributed by atoms with E-state index in [4.69, 9.17) is 9.47 Å². The van der Waals surface area contributed by atoms with Gasteiger partial charge < -0.3 is 14.8 Å². The minimum absolute atomic E-state index is 0.278. The number of nitrogens with one attached hydrogen (secondary N) is 1. The van der Waals surface area contributed by atoms with Gasteiger partial charge in [0.25, 0.3) is 5.91 Å². The molecule has 0 aliphatic heterocycles. The molecule has 1 aromatic carbocycles. The molecule has 1 amide bonds. The Morgan fingerprint density at radius 2 is 1.93 bits per heavy atom. The number of carbonyl (C=O) groups is 2. The number of rotatable bonds is 7. The number of benzene rings is 1. The van der Waals surface area contributed by atoms with Gasteiger partial charge in [0.15, 0.2) is 6.10 Å². The van der Waals surface area contributed by atoms with Gasteiger partial charge in [-0.3, -0.25) is 4.79 Å². The predicted molar refractivity (Wildman–Crippen MR) is 107 cm³/mol. The Kier molecular flexibility index (Phi) is 6.16. The van der Waals surface area contributed by atoms with Crippen LogP contribution in [0, 0.1) is 0 Å². The summed E-state index contributed by atoms with van der Waals surface area (Å²) in [5, 5.41) is 3.44. The maximum atomic E-state index is 12.6. The Morgan fingerprint density at radius 3 is 2.59 bits per heavy atom. The molecule has 1 unspecified atom stereocenters. The van der Waals surface area contributed by atoms with Crippen LogP contribution in [-0.4, -0.2) is 24.6 Å². The van der Waals surface area contributed by atoms with Gasteiger partial charge in [-0.25, -0.2) is 4.79 Å². The van der Waals surface area contributed by atoms with Crippen molar-refractivity contribution in [2.45, 2.75) is 52.6 Å². The van der Waals surface area contributed by atoms with Crippen molar-refractivity contribution in [3.8, 4) is 5.75 Å². The summed E-state index contributed by atoms with van der Waals surface area (Å²) in [6.07, 6.45) is 3.11. The summed E-state index contributed by atoms with van der Waals surface area (Å²) >= 11 is 1.47. The lowest BCUT2D eigenvalue weighted by Gasteiger charge is -2.15. The number of anilines is 1. The fourth-order valence-electron chi connectivity index (χ4n) is 3.19. The van der Waals surface area contributed by atoms with E-state index >= 15 is 0 Å². The predicted octanol–water partition coefficient (Wildman–Crippen LogP) is 4.38. The minimum atomic E-state index is -0.676. The molecule has 1 N–H and O–H groups in total. The van der Waals surface area contributed by atoms with Crippen LogP contribution in [-0.2, 0) is 28.8 Å². The molecule has 6 heteroatoms. The third-order valence-corrected chi connectivity index (χ3v) is 5.86. The van der Waals surface area contributed by atoms with Crippen LogP contribution in [0.5, 0.6) is 5.75 Å². The monoisotopic (exact) mass is 387 g/mol. The summed E-state index contributed by atoms with van der Waals surface area (Å²) in [6, 6.07) is 7.71. The molecule has 27 heavy (non-hydrogen) atoms. The van der Waals surface area contributed by atoms with Crippen LogP contribution >= 0.6 is 11.3 Å². The normalized spacial score (nSPS) is 13.7. The van der Waals surface area contributed by atoms with Crippen molar-refractivity contribution >= 4 is 28.2 Å². The van der Waals surface area contributed by atoms with Crippen LogP contribution in [0.2, 0.25) is 0 Å². The summed E-state index contributed by atoms with van der Waals surface area (Å²) < 4.78 is 10.9. The number of aryl methyl sites for hydroxylation is 2. The number of thiophene rings is 1. The van der Waals surface area contributed by atoms with Gasteiger partial charge in [0.05, 0.1) is 12.2 Å². The van der Waals surface area contributed by atoms with Crippen LogP contribution in [0.4, 0.5) is 5.00 Å². The fourth-order valence-corrected chi connectivity index (χ4v) is 4.47. The largest absolute Gasteiger partial charge is 0.481 e. The zero-order chi connectivity index (χ0) is 19.4. The second-order valence-corrected chi connectivity index (χ2v) is 7.63. The van der Waals surface area contributed by atoms with Gasteiger partial charge in [0.2, 0.25) is 0 Å². The lowest BCUT2D eigenvalue weighted by Crippen LogP contribution is -2.30. The summed E-state index contributed by atoms with van der Waals surface area (Å²) in [5.74, 6) is 0.00473. The van der Waals surface area contributed by atoms with Crippen molar-refractivity contribution in [3.05, 3.63) is 45.8 Å². The molecule has 1 aromatic heterocycles. The summed E-state index contributed by atoms with van der Waals surface area (Å²) in [6.45, 7) is 5.88. The Balaban J connectivity index is 1.72. The molecule has 0 bridgehead atoms. The standard InChI is InChI=1S/C21H25NO4S/c1-4-14-9-11-15(12-10-14)26-13(3)19(23)22-20-18(21(24)25-5-2)16-7-6-8-17(16)27-20/h9-13H,4-8H2,1-3H3,(H,22,23). The molecule has 1 atom stereocenters. The number of amides is 1. The average Bonchev–Trinajstić information content (AvgIpc) is 3.23. The minimum Gasteiger partial charge on any atom is -0.481 e. The van der Waals surface area contributed by atoms with Crippen molar-refractivity contribution in [1.29, 1.82) is 0 Å². The third kappa shape index (κ3) is 4.33. The zero-order valence-electron chi connectivity index (χ0n) is 16.0. The smallest absolute Gasteiger partial charge is 0.341 e. The molecule has 1 heterocycles. The first-order chi connectivity index (χ1) is 13.0. The highest BCUT2D eigenvalue weighted by molar-refractivity contribution is 7.17. The van der Waals surface area contributed by atoms with E-state index in [-0.39, 0.29) is 11.9 Å². The van der Waals surface area contributed by atoms with Gasteiger partial charge in [-0.2, -0.15) is 0 Å². The van der Waals surface area contributed by atoms with Gasteiger partial charge in [0.1, 0.15) is 10.8 Å².